The van der Waals surface area contributed by atoms with Crippen LogP contribution in [0.15, 0.2) is 48.5 Å². The molecule has 2 rings (SSSR count). The van der Waals surface area contributed by atoms with Gasteiger partial charge in [0.2, 0.25) is 0 Å². The summed E-state index contributed by atoms with van der Waals surface area (Å²) in [5.41, 5.74) is 0.158. The summed E-state index contributed by atoms with van der Waals surface area (Å²) in [6.07, 6.45) is -4.48. The Labute approximate surface area is 164 Å². The zero-order valence-electron chi connectivity index (χ0n) is 15.4. The normalized spacial score (nSPS) is 11.0. The Hall–Kier alpha value is -3.36. The van der Waals surface area contributed by atoms with Crippen molar-refractivity contribution in [2.45, 2.75) is 26.2 Å². The molecule has 0 bridgehead atoms. The summed E-state index contributed by atoms with van der Waals surface area (Å²) in [7, 11) is 0. The van der Waals surface area contributed by atoms with Crippen LogP contribution < -0.4 is 0 Å². The zero-order chi connectivity index (χ0) is 21.6. The van der Waals surface area contributed by atoms with Crippen molar-refractivity contribution in [3.05, 3.63) is 70.8 Å². The molecule has 0 atom stereocenters. The van der Waals surface area contributed by atoms with Gasteiger partial charge in [-0.15, -0.1) is 0 Å². The number of carboxylic acid groups (broad SMARTS) is 1. The van der Waals surface area contributed by atoms with Crippen molar-refractivity contribution in [3.8, 4) is 0 Å². The molecule has 0 fully saturated rings. The van der Waals surface area contributed by atoms with E-state index in [4.69, 9.17) is 9.84 Å². The Bertz CT molecular complexity index is 876. The average Bonchev–Trinajstić information content (AvgIpc) is 2.67. The second-order valence-electron chi connectivity index (χ2n) is 6.08. The van der Waals surface area contributed by atoms with Crippen molar-refractivity contribution >= 4 is 17.8 Å². The molecule has 0 aliphatic heterocycles. The number of ether oxygens (including phenoxy) is 1. The first-order valence-corrected chi connectivity index (χ1v) is 8.56. The van der Waals surface area contributed by atoms with E-state index in [-0.39, 0.29) is 25.3 Å². The molecule has 0 aliphatic rings. The Morgan fingerprint density at radius 3 is 1.83 bits per heavy atom. The van der Waals surface area contributed by atoms with E-state index in [2.05, 4.69) is 0 Å². The molecular formula is C20H18F3NO5. The fourth-order valence-electron chi connectivity index (χ4n) is 2.51. The minimum atomic E-state index is -4.48. The maximum absolute atomic E-state index is 12.7. The number of carbonyl (C=O) groups excluding carboxylic acids is 2. The van der Waals surface area contributed by atoms with Crippen LogP contribution in [-0.2, 0) is 33.6 Å². The van der Waals surface area contributed by atoms with E-state index in [1.807, 2.05) is 0 Å². The summed E-state index contributed by atoms with van der Waals surface area (Å²) in [6.45, 7) is 1.34. The van der Waals surface area contributed by atoms with Gasteiger partial charge in [-0.2, -0.15) is 13.2 Å². The fourth-order valence-corrected chi connectivity index (χ4v) is 2.51. The van der Waals surface area contributed by atoms with Gasteiger partial charge in [0.15, 0.2) is 0 Å². The third-order valence-electron chi connectivity index (χ3n) is 3.97. The Morgan fingerprint density at radius 2 is 1.41 bits per heavy atom. The largest absolute Gasteiger partial charge is 0.478 e. The van der Waals surface area contributed by atoms with Crippen molar-refractivity contribution in [3.63, 3.8) is 0 Å². The molecule has 0 radical (unpaired) electrons. The molecule has 0 saturated heterocycles. The first kappa shape index (κ1) is 21.9. The molecule has 2 aromatic rings. The third kappa shape index (κ3) is 6.06. The van der Waals surface area contributed by atoms with Crippen LogP contribution >= 0.6 is 0 Å². The monoisotopic (exact) mass is 409 g/mol. The third-order valence-corrected chi connectivity index (χ3v) is 3.97. The van der Waals surface area contributed by atoms with Crippen LogP contribution in [0.1, 0.15) is 34.0 Å². The topological polar surface area (TPSA) is 83.9 Å². The van der Waals surface area contributed by atoms with Gasteiger partial charge in [0.25, 0.3) is 0 Å². The molecule has 1 amide bonds. The SMILES string of the molecule is CCOC(=O)C(=O)N(Cc1ccc(C(=O)O)cc1)Cc1ccc(C(F)(F)F)cc1. The maximum Gasteiger partial charge on any atom is 0.416 e. The van der Waals surface area contributed by atoms with Gasteiger partial charge in [-0.25, -0.2) is 9.59 Å². The van der Waals surface area contributed by atoms with Crippen LogP contribution in [0.4, 0.5) is 13.2 Å². The molecule has 9 heteroatoms. The Morgan fingerprint density at radius 1 is 0.931 bits per heavy atom. The lowest BCUT2D eigenvalue weighted by molar-refractivity contribution is -0.160. The van der Waals surface area contributed by atoms with Gasteiger partial charge >= 0.3 is 24.0 Å². The number of nitrogens with zero attached hydrogens (tertiary/aromatic N) is 1. The van der Waals surface area contributed by atoms with Crippen molar-refractivity contribution in [1.82, 2.24) is 4.90 Å². The number of hydrogen-bond donors (Lipinski definition) is 1. The number of esters is 1. The predicted octanol–water partition coefficient (Wildman–Crippen LogP) is 3.50. The molecule has 154 valence electrons. The molecule has 0 aromatic heterocycles. The summed E-state index contributed by atoms with van der Waals surface area (Å²) < 4.78 is 42.8. The molecule has 6 nitrogen and oxygen atoms in total. The highest BCUT2D eigenvalue weighted by atomic mass is 19.4. The number of rotatable bonds is 6. The number of benzene rings is 2. The number of halogens is 3. The van der Waals surface area contributed by atoms with Crippen LogP contribution in [0, 0.1) is 0 Å². The predicted molar refractivity (Wildman–Crippen MR) is 95.7 cm³/mol. The minimum Gasteiger partial charge on any atom is -0.478 e. The van der Waals surface area contributed by atoms with Gasteiger partial charge in [-0.1, -0.05) is 24.3 Å². The van der Waals surface area contributed by atoms with Gasteiger partial charge in [0, 0.05) is 13.1 Å². The lowest BCUT2D eigenvalue weighted by Gasteiger charge is -2.22. The molecule has 0 unspecified atom stereocenters. The highest BCUT2D eigenvalue weighted by molar-refractivity contribution is 6.32. The molecule has 0 aliphatic carbocycles. The summed E-state index contributed by atoms with van der Waals surface area (Å²) in [6, 6.07) is 9.91. The number of hydrogen-bond acceptors (Lipinski definition) is 4. The lowest BCUT2D eigenvalue weighted by atomic mass is 10.1. The van der Waals surface area contributed by atoms with E-state index in [9.17, 15) is 27.6 Å². The van der Waals surface area contributed by atoms with E-state index in [1.54, 1.807) is 0 Å². The van der Waals surface area contributed by atoms with E-state index < -0.39 is 29.6 Å². The molecule has 29 heavy (non-hydrogen) atoms. The summed E-state index contributed by atoms with van der Waals surface area (Å²) in [4.78, 5) is 36.3. The maximum atomic E-state index is 12.7. The van der Waals surface area contributed by atoms with Gasteiger partial charge in [0.1, 0.15) is 0 Å². The van der Waals surface area contributed by atoms with Crippen LogP contribution in [0.2, 0.25) is 0 Å². The second kappa shape index (κ2) is 9.22. The quantitative estimate of drug-likeness (QED) is 0.583. The van der Waals surface area contributed by atoms with E-state index in [1.165, 1.54) is 43.3 Å². The molecule has 1 N–H and O–H groups in total. The van der Waals surface area contributed by atoms with Crippen molar-refractivity contribution in [2.75, 3.05) is 6.61 Å². The number of carboxylic acids is 1. The molecule has 0 spiro atoms. The second-order valence-corrected chi connectivity index (χ2v) is 6.08. The van der Waals surface area contributed by atoms with Crippen LogP contribution in [0.25, 0.3) is 0 Å². The van der Waals surface area contributed by atoms with Gasteiger partial charge in [-0.3, -0.25) is 4.79 Å². The summed E-state index contributed by atoms with van der Waals surface area (Å²) in [5, 5.41) is 8.95. The highest BCUT2D eigenvalue weighted by Crippen LogP contribution is 2.29. The molecule has 0 heterocycles. The number of amides is 1. The minimum absolute atomic E-state index is 0.00794. The average molecular weight is 409 g/mol. The van der Waals surface area contributed by atoms with Gasteiger partial charge < -0.3 is 14.7 Å². The highest BCUT2D eigenvalue weighted by Gasteiger charge is 2.30. The summed E-state index contributed by atoms with van der Waals surface area (Å²) >= 11 is 0. The molecule has 2 aromatic carbocycles. The van der Waals surface area contributed by atoms with Crippen molar-refractivity contribution in [2.24, 2.45) is 0 Å². The first-order chi connectivity index (χ1) is 13.6. The van der Waals surface area contributed by atoms with Crippen LogP contribution in [0.3, 0.4) is 0 Å². The number of aromatic carboxylic acids is 1. The summed E-state index contributed by atoms with van der Waals surface area (Å²) in [5.74, 6) is -3.14. The van der Waals surface area contributed by atoms with Crippen molar-refractivity contribution < 1.29 is 37.4 Å². The Kier molecular flexibility index (Phi) is 6.98. The van der Waals surface area contributed by atoms with Crippen LogP contribution in [0.5, 0.6) is 0 Å². The standard InChI is InChI=1S/C20H18F3NO5/c1-2-29-19(28)17(25)24(11-13-3-7-15(8-4-13)18(26)27)12-14-5-9-16(10-6-14)20(21,22)23/h3-10H,2,11-12H2,1H3,(H,26,27). The number of alkyl halides is 3. The smallest absolute Gasteiger partial charge is 0.416 e. The molecule has 0 saturated carbocycles. The van der Waals surface area contributed by atoms with Crippen molar-refractivity contribution in [1.29, 1.82) is 0 Å². The van der Waals surface area contributed by atoms with E-state index in [0.717, 1.165) is 17.0 Å². The fraction of sp³-hybridized carbons (Fsp3) is 0.250. The van der Waals surface area contributed by atoms with E-state index >= 15 is 0 Å². The van der Waals surface area contributed by atoms with Crippen LogP contribution in [-0.4, -0.2) is 34.5 Å². The first-order valence-electron chi connectivity index (χ1n) is 8.56. The lowest BCUT2D eigenvalue weighted by Crippen LogP contribution is -2.36. The number of carbonyl (C=O) groups is 3. The zero-order valence-corrected chi connectivity index (χ0v) is 15.4. The Balaban J connectivity index is 2.23. The van der Waals surface area contributed by atoms with Gasteiger partial charge in [0.05, 0.1) is 17.7 Å². The van der Waals surface area contributed by atoms with Gasteiger partial charge in [-0.05, 0) is 42.3 Å². The molecular weight excluding hydrogens is 391 g/mol. The van der Waals surface area contributed by atoms with E-state index in [0.29, 0.717) is 11.1 Å².